The first-order valence-electron chi connectivity index (χ1n) is 6.27. The summed E-state index contributed by atoms with van der Waals surface area (Å²) in [6.45, 7) is 3.99. The highest BCUT2D eigenvalue weighted by molar-refractivity contribution is 6.31. The van der Waals surface area contributed by atoms with E-state index in [1.54, 1.807) is 0 Å². The van der Waals surface area contributed by atoms with Crippen molar-refractivity contribution < 1.29 is 9.18 Å². The fourth-order valence-corrected chi connectivity index (χ4v) is 2.18. The molecule has 1 amide bonds. The largest absolute Gasteiger partial charge is 0.326 e. The zero-order valence-corrected chi connectivity index (χ0v) is 12.1. The van der Waals surface area contributed by atoms with E-state index in [2.05, 4.69) is 5.32 Å². The second-order valence-electron chi connectivity index (χ2n) is 4.78. The predicted octanol–water partition coefficient (Wildman–Crippen LogP) is 4.28. The van der Waals surface area contributed by atoms with Gasteiger partial charge < -0.3 is 5.32 Å². The van der Waals surface area contributed by atoms with Crippen LogP contribution in [-0.4, -0.2) is 5.91 Å². The molecule has 0 aromatic heterocycles. The van der Waals surface area contributed by atoms with Gasteiger partial charge in [0.15, 0.2) is 0 Å². The summed E-state index contributed by atoms with van der Waals surface area (Å²) in [5.41, 5.74) is 3.71. The minimum Gasteiger partial charge on any atom is -0.326 e. The topological polar surface area (TPSA) is 29.1 Å². The zero-order valence-electron chi connectivity index (χ0n) is 11.3. The van der Waals surface area contributed by atoms with E-state index < -0.39 is 5.82 Å². The minimum atomic E-state index is -0.501. The smallest absolute Gasteiger partial charge is 0.228 e. The van der Waals surface area contributed by atoms with Gasteiger partial charge in [-0.25, -0.2) is 4.39 Å². The summed E-state index contributed by atoms with van der Waals surface area (Å²) in [6, 6.07) is 10.1. The third-order valence-corrected chi connectivity index (χ3v) is 3.34. The second kappa shape index (κ2) is 6.06. The van der Waals surface area contributed by atoms with Crippen LogP contribution in [0.3, 0.4) is 0 Å². The van der Waals surface area contributed by atoms with Crippen LogP contribution in [0.2, 0.25) is 5.02 Å². The van der Waals surface area contributed by atoms with Gasteiger partial charge in [-0.05, 0) is 43.2 Å². The highest BCUT2D eigenvalue weighted by atomic mass is 35.5. The molecule has 4 heteroatoms. The van der Waals surface area contributed by atoms with Gasteiger partial charge in [-0.15, -0.1) is 0 Å². The fraction of sp³-hybridized carbons (Fsp3) is 0.188. The van der Waals surface area contributed by atoms with Crippen molar-refractivity contribution in [2.24, 2.45) is 0 Å². The van der Waals surface area contributed by atoms with Crippen LogP contribution >= 0.6 is 11.6 Å². The lowest BCUT2D eigenvalue weighted by Gasteiger charge is -2.08. The Bertz CT molecular complexity index is 655. The third kappa shape index (κ3) is 3.58. The third-order valence-electron chi connectivity index (χ3n) is 3.05. The molecule has 0 saturated heterocycles. The molecular formula is C16H15ClFNO. The number of anilines is 1. The lowest BCUT2D eigenvalue weighted by molar-refractivity contribution is -0.115. The number of rotatable bonds is 3. The van der Waals surface area contributed by atoms with Gasteiger partial charge >= 0.3 is 0 Å². The van der Waals surface area contributed by atoms with E-state index in [0.29, 0.717) is 5.69 Å². The Morgan fingerprint density at radius 3 is 2.60 bits per heavy atom. The van der Waals surface area contributed by atoms with Gasteiger partial charge in [0.2, 0.25) is 5.91 Å². The molecule has 0 heterocycles. The van der Waals surface area contributed by atoms with Crippen molar-refractivity contribution in [2.45, 2.75) is 20.3 Å². The highest BCUT2D eigenvalue weighted by Gasteiger charge is 2.08. The van der Waals surface area contributed by atoms with Gasteiger partial charge in [-0.3, -0.25) is 4.79 Å². The van der Waals surface area contributed by atoms with Crippen LogP contribution in [0, 0.1) is 19.7 Å². The highest BCUT2D eigenvalue weighted by Crippen LogP contribution is 2.20. The summed E-state index contributed by atoms with van der Waals surface area (Å²) >= 11 is 5.67. The molecule has 0 atom stereocenters. The quantitative estimate of drug-likeness (QED) is 0.898. The maximum Gasteiger partial charge on any atom is 0.228 e. The van der Waals surface area contributed by atoms with E-state index in [1.165, 1.54) is 18.2 Å². The van der Waals surface area contributed by atoms with Gasteiger partial charge in [-0.2, -0.15) is 0 Å². The number of nitrogens with one attached hydrogen (secondary N) is 1. The number of hydrogen-bond acceptors (Lipinski definition) is 1. The summed E-state index contributed by atoms with van der Waals surface area (Å²) in [7, 11) is 0. The molecule has 0 aliphatic heterocycles. The average Bonchev–Trinajstić information content (AvgIpc) is 2.37. The SMILES string of the molecule is Cc1ccc(CC(=O)Nc2ccc(F)c(Cl)c2)c(C)c1. The summed E-state index contributed by atoms with van der Waals surface area (Å²) < 4.78 is 13.0. The summed E-state index contributed by atoms with van der Waals surface area (Å²) in [5.74, 6) is -0.654. The molecule has 0 aliphatic carbocycles. The van der Waals surface area contributed by atoms with Crippen LogP contribution in [0.4, 0.5) is 10.1 Å². The van der Waals surface area contributed by atoms with E-state index in [4.69, 9.17) is 11.6 Å². The molecule has 2 aromatic carbocycles. The van der Waals surface area contributed by atoms with Crippen LogP contribution in [0.25, 0.3) is 0 Å². The van der Waals surface area contributed by atoms with Crippen LogP contribution < -0.4 is 5.32 Å². The molecule has 2 nitrogen and oxygen atoms in total. The van der Waals surface area contributed by atoms with E-state index in [1.807, 2.05) is 32.0 Å². The maximum absolute atomic E-state index is 13.0. The Hall–Kier alpha value is -1.87. The molecule has 2 aromatic rings. The second-order valence-corrected chi connectivity index (χ2v) is 5.19. The molecule has 0 bridgehead atoms. The Balaban J connectivity index is 2.07. The fourth-order valence-electron chi connectivity index (χ4n) is 2.00. The number of amides is 1. The van der Waals surface area contributed by atoms with Gasteiger partial charge in [0.05, 0.1) is 11.4 Å². The molecule has 2 rings (SSSR count). The van der Waals surface area contributed by atoms with Crippen LogP contribution in [-0.2, 0) is 11.2 Å². The Morgan fingerprint density at radius 1 is 1.20 bits per heavy atom. The first-order chi connectivity index (χ1) is 9.45. The monoisotopic (exact) mass is 291 g/mol. The minimum absolute atomic E-state index is 0.00526. The first kappa shape index (κ1) is 14.5. The molecule has 0 aliphatic rings. The molecule has 20 heavy (non-hydrogen) atoms. The average molecular weight is 292 g/mol. The maximum atomic E-state index is 13.0. The molecule has 0 unspecified atom stereocenters. The first-order valence-corrected chi connectivity index (χ1v) is 6.64. The van der Waals surface area contributed by atoms with E-state index >= 15 is 0 Å². The Labute approximate surface area is 122 Å². The van der Waals surface area contributed by atoms with Gasteiger partial charge in [0.1, 0.15) is 5.82 Å². The van der Waals surface area contributed by atoms with Gasteiger partial charge in [-0.1, -0.05) is 35.4 Å². The number of carbonyl (C=O) groups is 1. The van der Waals surface area contributed by atoms with Crippen molar-refractivity contribution in [3.8, 4) is 0 Å². The normalized spacial score (nSPS) is 10.4. The predicted molar refractivity (Wildman–Crippen MR) is 79.7 cm³/mol. The van der Waals surface area contributed by atoms with Crippen LogP contribution in [0.1, 0.15) is 16.7 Å². The van der Waals surface area contributed by atoms with Crippen LogP contribution in [0.5, 0.6) is 0 Å². The number of halogens is 2. The van der Waals surface area contributed by atoms with E-state index in [9.17, 15) is 9.18 Å². The summed E-state index contributed by atoms with van der Waals surface area (Å²) in [6.07, 6.45) is 0.279. The molecule has 0 radical (unpaired) electrons. The standard InChI is InChI=1S/C16H15ClFNO/c1-10-3-4-12(11(2)7-10)8-16(20)19-13-5-6-15(18)14(17)9-13/h3-7,9H,8H2,1-2H3,(H,19,20). The molecule has 1 N–H and O–H groups in total. The number of aryl methyl sites for hydroxylation is 2. The van der Waals surface area contributed by atoms with Crippen molar-refractivity contribution in [2.75, 3.05) is 5.32 Å². The molecule has 0 spiro atoms. The van der Waals surface area contributed by atoms with Crippen molar-refractivity contribution >= 4 is 23.2 Å². The lowest BCUT2D eigenvalue weighted by atomic mass is 10.0. The lowest BCUT2D eigenvalue weighted by Crippen LogP contribution is -2.15. The van der Waals surface area contributed by atoms with E-state index in [0.717, 1.165) is 16.7 Å². The Kier molecular flexibility index (Phi) is 4.40. The number of benzene rings is 2. The van der Waals surface area contributed by atoms with E-state index in [-0.39, 0.29) is 17.4 Å². The van der Waals surface area contributed by atoms with Gasteiger partial charge in [0.25, 0.3) is 0 Å². The molecular weight excluding hydrogens is 277 g/mol. The van der Waals surface area contributed by atoms with Crippen molar-refractivity contribution in [1.82, 2.24) is 0 Å². The zero-order chi connectivity index (χ0) is 14.7. The molecule has 0 saturated carbocycles. The van der Waals surface area contributed by atoms with Crippen molar-refractivity contribution in [3.05, 3.63) is 63.9 Å². The van der Waals surface area contributed by atoms with Gasteiger partial charge in [0, 0.05) is 5.69 Å². The Morgan fingerprint density at radius 2 is 1.95 bits per heavy atom. The molecule has 104 valence electrons. The molecule has 0 fully saturated rings. The number of hydrogen-bond donors (Lipinski definition) is 1. The summed E-state index contributed by atoms with van der Waals surface area (Å²) in [4.78, 5) is 12.0. The van der Waals surface area contributed by atoms with Crippen LogP contribution in [0.15, 0.2) is 36.4 Å². The van der Waals surface area contributed by atoms with Crippen molar-refractivity contribution in [1.29, 1.82) is 0 Å². The number of carbonyl (C=O) groups excluding carboxylic acids is 1. The van der Waals surface area contributed by atoms with Crippen molar-refractivity contribution in [3.63, 3.8) is 0 Å². The summed E-state index contributed by atoms with van der Waals surface area (Å²) in [5, 5.41) is 2.70.